The highest BCUT2D eigenvalue weighted by molar-refractivity contribution is 5.74. The zero-order chi connectivity index (χ0) is 11.5. The highest BCUT2D eigenvalue weighted by atomic mass is 16.3. The summed E-state index contributed by atoms with van der Waals surface area (Å²) in [6.07, 6.45) is 3.25. The zero-order valence-electron chi connectivity index (χ0n) is 9.75. The molecule has 2 aromatic rings. The number of nitrogens with zero attached hydrogens (tertiary/aromatic N) is 2. The molecular formula is C12H17N3O. The van der Waals surface area contributed by atoms with Gasteiger partial charge in [-0.1, -0.05) is 13.3 Å². The molecule has 0 aliphatic heterocycles. The summed E-state index contributed by atoms with van der Waals surface area (Å²) in [6, 6.07) is 1.89. The number of hydrogen-bond acceptors (Lipinski definition) is 3. The van der Waals surface area contributed by atoms with Crippen molar-refractivity contribution in [3.05, 3.63) is 23.1 Å². The molecule has 0 unspecified atom stereocenters. The number of aromatic amines is 1. The van der Waals surface area contributed by atoms with Crippen LogP contribution in [0.25, 0.3) is 11.2 Å². The van der Waals surface area contributed by atoms with Crippen molar-refractivity contribution in [2.75, 3.05) is 0 Å². The van der Waals surface area contributed by atoms with Crippen molar-refractivity contribution in [1.29, 1.82) is 0 Å². The first kappa shape index (κ1) is 11.1. The molecule has 0 aliphatic rings. The first-order valence-corrected chi connectivity index (χ1v) is 5.70. The molecule has 2 rings (SSSR count). The molecular weight excluding hydrogens is 202 g/mol. The lowest BCUT2D eigenvalue weighted by Crippen LogP contribution is -1.91. The van der Waals surface area contributed by atoms with E-state index < -0.39 is 0 Å². The van der Waals surface area contributed by atoms with Gasteiger partial charge in [-0.3, -0.25) is 0 Å². The van der Waals surface area contributed by atoms with Crippen LogP contribution in [-0.2, 0) is 13.0 Å². The lowest BCUT2D eigenvalue weighted by atomic mass is 10.2. The van der Waals surface area contributed by atoms with Crippen molar-refractivity contribution >= 4 is 11.2 Å². The van der Waals surface area contributed by atoms with Crippen LogP contribution in [-0.4, -0.2) is 20.1 Å². The quantitative estimate of drug-likeness (QED) is 0.827. The van der Waals surface area contributed by atoms with E-state index in [1.54, 1.807) is 0 Å². The molecule has 4 heteroatoms. The Morgan fingerprint density at radius 2 is 2.19 bits per heavy atom. The number of aryl methyl sites for hydroxylation is 2. The maximum Gasteiger partial charge on any atom is 0.178 e. The summed E-state index contributed by atoms with van der Waals surface area (Å²) in [7, 11) is 0. The Bertz CT molecular complexity index is 490. The molecule has 2 heterocycles. The molecule has 0 bridgehead atoms. The van der Waals surface area contributed by atoms with E-state index in [-0.39, 0.29) is 6.61 Å². The zero-order valence-corrected chi connectivity index (χ0v) is 9.75. The van der Waals surface area contributed by atoms with Gasteiger partial charge in [0.15, 0.2) is 5.65 Å². The molecule has 0 radical (unpaired) electrons. The number of imidazole rings is 1. The fourth-order valence-corrected chi connectivity index (χ4v) is 1.80. The van der Waals surface area contributed by atoms with Crippen molar-refractivity contribution < 1.29 is 5.11 Å². The summed E-state index contributed by atoms with van der Waals surface area (Å²) in [5.74, 6) is 0.988. The summed E-state index contributed by atoms with van der Waals surface area (Å²) in [4.78, 5) is 12.0. The van der Waals surface area contributed by atoms with Crippen molar-refractivity contribution in [2.45, 2.75) is 39.7 Å². The van der Waals surface area contributed by atoms with Crippen LogP contribution in [0.2, 0.25) is 0 Å². The molecule has 0 aromatic carbocycles. The second-order valence-corrected chi connectivity index (χ2v) is 4.07. The number of rotatable bonds is 4. The molecule has 0 atom stereocenters. The van der Waals surface area contributed by atoms with Crippen LogP contribution in [0.3, 0.4) is 0 Å². The minimum atomic E-state index is -0.0338. The summed E-state index contributed by atoms with van der Waals surface area (Å²) >= 11 is 0. The van der Waals surface area contributed by atoms with Crippen LogP contribution in [0.5, 0.6) is 0 Å². The minimum absolute atomic E-state index is 0.0338. The number of pyridine rings is 1. The largest absolute Gasteiger partial charge is 0.390 e. The fraction of sp³-hybridized carbons (Fsp3) is 0.500. The predicted octanol–water partition coefficient (Wildman–Crippen LogP) is 2.10. The lowest BCUT2D eigenvalue weighted by molar-refractivity contribution is 0.277. The Balaban J connectivity index is 2.40. The van der Waals surface area contributed by atoms with E-state index in [1.165, 1.54) is 0 Å². The Hall–Kier alpha value is -1.42. The number of H-pyrrole nitrogens is 1. The van der Waals surface area contributed by atoms with Gasteiger partial charge >= 0.3 is 0 Å². The molecule has 0 amide bonds. The number of aliphatic hydroxyl groups excluding tert-OH is 1. The number of aliphatic hydroxyl groups is 1. The van der Waals surface area contributed by atoms with E-state index in [0.717, 1.165) is 41.8 Å². The third-order valence-corrected chi connectivity index (χ3v) is 2.69. The van der Waals surface area contributed by atoms with Crippen LogP contribution in [0, 0.1) is 6.92 Å². The summed E-state index contributed by atoms with van der Waals surface area (Å²) in [5.41, 5.74) is 3.47. The highest BCUT2D eigenvalue weighted by Gasteiger charge is 2.07. The number of nitrogens with one attached hydrogen (secondary N) is 1. The maximum absolute atomic E-state index is 9.07. The fourth-order valence-electron chi connectivity index (χ4n) is 1.80. The predicted molar refractivity (Wildman–Crippen MR) is 63.2 cm³/mol. The van der Waals surface area contributed by atoms with Gasteiger partial charge < -0.3 is 10.1 Å². The molecule has 0 spiro atoms. The van der Waals surface area contributed by atoms with Crippen LogP contribution < -0.4 is 0 Å². The molecule has 0 fully saturated rings. The molecule has 4 nitrogen and oxygen atoms in total. The van der Waals surface area contributed by atoms with Gasteiger partial charge in [-0.15, -0.1) is 0 Å². The van der Waals surface area contributed by atoms with Crippen LogP contribution >= 0.6 is 0 Å². The number of unbranched alkanes of at least 4 members (excludes halogenated alkanes) is 1. The van der Waals surface area contributed by atoms with Gasteiger partial charge in [-0.2, -0.15) is 0 Å². The molecule has 16 heavy (non-hydrogen) atoms. The summed E-state index contributed by atoms with van der Waals surface area (Å²) in [6.45, 7) is 4.13. The van der Waals surface area contributed by atoms with E-state index >= 15 is 0 Å². The van der Waals surface area contributed by atoms with Crippen molar-refractivity contribution in [2.24, 2.45) is 0 Å². The average Bonchev–Trinajstić information content (AvgIpc) is 2.69. The Morgan fingerprint density at radius 1 is 1.38 bits per heavy atom. The van der Waals surface area contributed by atoms with E-state index in [4.69, 9.17) is 5.11 Å². The Kier molecular flexibility index (Phi) is 3.19. The van der Waals surface area contributed by atoms with E-state index in [2.05, 4.69) is 21.9 Å². The molecule has 86 valence electrons. The van der Waals surface area contributed by atoms with Gasteiger partial charge in [-0.05, 0) is 25.0 Å². The van der Waals surface area contributed by atoms with E-state index in [0.29, 0.717) is 5.69 Å². The van der Waals surface area contributed by atoms with Crippen molar-refractivity contribution in [3.63, 3.8) is 0 Å². The summed E-state index contributed by atoms with van der Waals surface area (Å²) < 4.78 is 0. The standard InChI is InChI=1S/C12H17N3O/c1-3-4-5-10-14-11-8(2)6-9(7-16)13-12(11)15-10/h6,16H,3-5,7H2,1-2H3,(H,13,14,15). The van der Waals surface area contributed by atoms with Gasteiger partial charge in [0.25, 0.3) is 0 Å². The number of aromatic nitrogens is 3. The average molecular weight is 219 g/mol. The molecule has 0 saturated carbocycles. The second kappa shape index (κ2) is 4.61. The van der Waals surface area contributed by atoms with Crippen LogP contribution in [0.15, 0.2) is 6.07 Å². The SMILES string of the molecule is CCCCc1nc2nc(CO)cc(C)c2[nH]1. The Labute approximate surface area is 94.7 Å². The summed E-state index contributed by atoms with van der Waals surface area (Å²) in [5, 5.41) is 9.07. The van der Waals surface area contributed by atoms with E-state index in [9.17, 15) is 0 Å². The lowest BCUT2D eigenvalue weighted by Gasteiger charge is -1.98. The van der Waals surface area contributed by atoms with Gasteiger partial charge in [0.05, 0.1) is 17.8 Å². The van der Waals surface area contributed by atoms with Crippen molar-refractivity contribution in [3.8, 4) is 0 Å². The normalized spacial score (nSPS) is 11.2. The topological polar surface area (TPSA) is 61.8 Å². The second-order valence-electron chi connectivity index (χ2n) is 4.07. The molecule has 0 aliphatic carbocycles. The maximum atomic E-state index is 9.07. The first-order valence-electron chi connectivity index (χ1n) is 5.70. The Morgan fingerprint density at radius 3 is 2.88 bits per heavy atom. The van der Waals surface area contributed by atoms with Crippen LogP contribution in [0.1, 0.15) is 36.8 Å². The van der Waals surface area contributed by atoms with Gasteiger partial charge in [0.1, 0.15) is 5.82 Å². The van der Waals surface area contributed by atoms with Crippen molar-refractivity contribution in [1.82, 2.24) is 15.0 Å². The van der Waals surface area contributed by atoms with E-state index in [1.807, 2.05) is 13.0 Å². The smallest absolute Gasteiger partial charge is 0.178 e. The number of fused-ring (bicyclic) bond motifs is 1. The third-order valence-electron chi connectivity index (χ3n) is 2.69. The molecule has 0 saturated heterocycles. The van der Waals surface area contributed by atoms with Crippen LogP contribution in [0.4, 0.5) is 0 Å². The van der Waals surface area contributed by atoms with Gasteiger partial charge in [-0.25, -0.2) is 9.97 Å². The molecule has 2 N–H and O–H groups in total. The monoisotopic (exact) mass is 219 g/mol. The third kappa shape index (κ3) is 2.07. The number of hydrogen-bond donors (Lipinski definition) is 2. The van der Waals surface area contributed by atoms with Gasteiger partial charge in [0, 0.05) is 6.42 Å². The highest BCUT2D eigenvalue weighted by Crippen LogP contribution is 2.16. The minimum Gasteiger partial charge on any atom is -0.390 e. The first-order chi connectivity index (χ1) is 7.74. The molecule has 2 aromatic heterocycles. The van der Waals surface area contributed by atoms with Gasteiger partial charge in [0.2, 0.25) is 0 Å².